The zero-order valence-electron chi connectivity index (χ0n) is 18.6. The molecule has 0 aromatic heterocycles. The molecule has 2 aliphatic rings. The van der Waals surface area contributed by atoms with E-state index in [1.165, 1.54) is 0 Å². The lowest BCUT2D eigenvalue weighted by molar-refractivity contribution is -0.142. The van der Waals surface area contributed by atoms with Gasteiger partial charge >= 0.3 is 0 Å². The minimum atomic E-state index is -0.688. The molecule has 0 radical (unpaired) electrons. The van der Waals surface area contributed by atoms with E-state index >= 15 is 0 Å². The third-order valence-corrected chi connectivity index (χ3v) is 6.09. The zero-order valence-corrected chi connectivity index (χ0v) is 18.6. The van der Waals surface area contributed by atoms with Crippen molar-refractivity contribution in [1.82, 2.24) is 9.80 Å². The number of amides is 2. The minimum Gasteiger partial charge on any atom is -0.485 e. The number of rotatable bonds is 4. The highest BCUT2D eigenvalue weighted by molar-refractivity contribution is 6.09. The van der Waals surface area contributed by atoms with Gasteiger partial charge in [-0.05, 0) is 24.3 Å². The molecule has 2 aliphatic heterocycles. The first kappa shape index (κ1) is 21.7. The lowest BCUT2D eigenvalue weighted by atomic mass is 10.0. The molecular formula is C27H24N2O5. The number of nitrogens with zero attached hydrogens (tertiary/aromatic N) is 2. The quantitative estimate of drug-likeness (QED) is 0.564. The molecule has 0 N–H and O–H groups in total. The maximum absolute atomic E-state index is 13.0. The summed E-state index contributed by atoms with van der Waals surface area (Å²) in [6, 6.07) is 23.1. The highest BCUT2D eigenvalue weighted by atomic mass is 16.6. The number of para-hydroxylation sites is 2. The Morgan fingerprint density at radius 2 is 1.21 bits per heavy atom. The predicted molar refractivity (Wildman–Crippen MR) is 125 cm³/mol. The van der Waals surface area contributed by atoms with Crippen molar-refractivity contribution in [2.24, 2.45) is 0 Å². The Hall–Kier alpha value is -4.13. The molecule has 1 saturated heterocycles. The molecule has 1 fully saturated rings. The Kier molecular flexibility index (Phi) is 5.99. The second-order valence-electron chi connectivity index (χ2n) is 8.25. The van der Waals surface area contributed by atoms with E-state index in [-0.39, 0.29) is 24.2 Å². The smallest absolute Gasteiger partial charge is 0.267 e. The second-order valence-corrected chi connectivity index (χ2v) is 8.25. The average molecular weight is 456 g/mol. The van der Waals surface area contributed by atoms with Crippen LogP contribution in [0.25, 0.3) is 0 Å². The van der Waals surface area contributed by atoms with Crippen LogP contribution in [0.3, 0.4) is 0 Å². The van der Waals surface area contributed by atoms with Gasteiger partial charge in [0.25, 0.3) is 11.8 Å². The Balaban J connectivity index is 1.17. The molecule has 7 nitrogen and oxygen atoms in total. The van der Waals surface area contributed by atoms with E-state index in [2.05, 4.69) is 0 Å². The molecule has 34 heavy (non-hydrogen) atoms. The van der Waals surface area contributed by atoms with Crippen molar-refractivity contribution in [3.8, 4) is 11.5 Å². The SMILES string of the molecule is O=C(c1ccccc1)c1ccc(C(=O)N2CCN(C(=O)[C@@H]3COc4ccccc4O3)CC2)cc1. The van der Waals surface area contributed by atoms with Crippen LogP contribution in [0.2, 0.25) is 0 Å². The Morgan fingerprint density at radius 1 is 0.647 bits per heavy atom. The van der Waals surface area contributed by atoms with Crippen LogP contribution in [0, 0.1) is 0 Å². The van der Waals surface area contributed by atoms with E-state index in [9.17, 15) is 14.4 Å². The molecule has 0 unspecified atom stereocenters. The average Bonchev–Trinajstić information content (AvgIpc) is 2.92. The van der Waals surface area contributed by atoms with Crippen molar-refractivity contribution in [3.05, 3.63) is 95.6 Å². The Morgan fingerprint density at radius 3 is 1.91 bits per heavy atom. The summed E-state index contributed by atoms with van der Waals surface area (Å²) in [5.74, 6) is 0.874. The van der Waals surface area contributed by atoms with Gasteiger partial charge in [-0.2, -0.15) is 0 Å². The van der Waals surface area contributed by atoms with E-state index in [4.69, 9.17) is 9.47 Å². The van der Waals surface area contributed by atoms with Gasteiger partial charge in [0.2, 0.25) is 6.10 Å². The van der Waals surface area contributed by atoms with E-state index < -0.39 is 6.10 Å². The topological polar surface area (TPSA) is 76.2 Å². The van der Waals surface area contributed by atoms with Crippen molar-refractivity contribution >= 4 is 17.6 Å². The normalized spacial score (nSPS) is 17.2. The van der Waals surface area contributed by atoms with Crippen LogP contribution in [-0.2, 0) is 4.79 Å². The summed E-state index contributed by atoms with van der Waals surface area (Å²) in [6.07, 6.45) is -0.688. The number of benzene rings is 3. The second kappa shape index (κ2) is 9.39. The molecule has 7 heteroatoms. The van der Waals surface area contributed by atoms with Crippen molar-refractivity contribution in [3.63, 3.8) is 0 Å². The monoisotopic (exact) mass is 456 g/mol. The molecule has 0 aliphatic carbocycles. The van der Waals surface area contributed by atoms with E-state index in [0.717, 1.165) is 0 Å². The highest BCUT2D eigenvalue weighted by Crippen LogP contribution is 2.31. The first-order chi connectivity index (χ1) is 16.6. The van der Waals surface area contributed by atoms with Crippen molar-refractivity contribution < 1.29 is 23.9 Å². The fourth-order valence-electron chi connectivity index (χ4n) is 4.18. The molecule has 0 bridgehead atoms. The van der Waals surface area contributed by atoms with Gasteiger partial charge in [-0.3, -0.25) is 14.4 Å². The number of piperazine rings is 1. The van der Waals surface area contributed by atoms with Crippen molar-refractivity contribution in [1.29, 1.82) is 0 Å². The largest absolute Gasteiger partial charge is 0.485 e. The summed E-state index contributed by atoms with van der Waals surface area (Å²) in [5.41, 5.74) is 1.66. The van der Waals surface area contributed by atoms with E-state index in [1.54, 1.807) is 52.3 Å². The van der Waals surface area contributed by atoms with Gasteiger partial charge in [-0.1, -0.05) is 54.6 Å². The number of hydrogen-bond acceptors (Lipinski definition) is 5. The molecule has 3 aromatic rings. The van der Waals surface area contributed by atoms with Gasteiger partial charge in [0, 0.05) is 42.9 Å². The predicted octanol–water partition coefficient (Wildman–Crippen LogP) is 3.04. The van der Waals surface area contributed by atoms with Crippen LogP contribution in [0.15, 0.2) is 78.9 Å². The van der Waals surface area contributed by atoms with Gasteiger partial charge < -0.3 is 19.3 Å². The van der Waals surface area contributed by atoms with Crippen LogP contribution < -0.4 is 9.47 Å². The van der Waals surface area contributed by atoms with Crippen LogP contribution >= 0.6 is 0 Å². The molecule has 0 saturated carbocycles. The van der Waals surface area contributed by atoms with Gasteiger partial charge in [0.1, 0.15) is 6.61 Å². The number of fused-ring (bicyclic) bond motifs is 1. The molecular weight excluding hydrogens is 432 g/mol. The lowest BCUT2D eigenvalue weighted by Gasteiger charge is -2.37. The first-order valence-corrected chi connectivity index (χ1v) is 11.3. The third-order valence-electron chi connectivity index (χ3n) is 6.09. The van der Waals surface area contributed by atoms with Crippen LogP contribution in [0.5, 0.6) is 11.5 Å². The molecule has 3 aromatic carbocycles. The number of hydrogen-bond donors (Lipinski definition) is 0. The van der Waals surface area contributed by atoms with Crippen molar-refractivity contribution in [2.45, 2.75) is 6.10 Å². The molecule has 172 valence electrons. The minimum absolute atomic E-state index is 0.0803. The summed E-state index contributed by atoms with van der Waals surface area (Å²) in [7, 11) is 0. The van der Waals surface area contributed by atoms with Gasteiger partial charge in [0.15, 0.2) is 17.3 Å². The number of carbonyl (C=O) groups is 3. The first-order valence-electron chi connectivity index (χ1n) is 11.3. The molecule has 2 amide bonds. The van der Waals surface area contributed by atoms with Crippen molar-refractivity contribution in [2.75, 3.05) is 32.8 Å². The summed E-state index contributed by atoms with van der Waals surface area (Å²) in [4.78, 5) is 41.9. The molecule has 5 rings (SSSR count). The zero-order chi connectivity index (χ0) is 23.5. The number of ether oxygens (including phenoxy) is 2. The fourth-order valence-corrected chi connectivity index (χ4v) is 4.18. The molecule has 1 atom stereocenters. The van der Waals surface area contributed by atoms with Crippen LogP contribution in [-0.4, -0.2) is 66.3 Å². The number of ketones is 1. The maximum atomic E-state index is 13.0. The standard InChI is InChI=1S/C27H24N2O5/c30-25(19-6-2-1-3-7-19)20-10-12-21(13-11-20)26(31)28-14-16-29(17-15-28)27(32)24-18-33-22-8-4-5-9-23(22)34-24/h1-13,24H,14-18H2/t24-/m0/s1. The van der Waals surface area contributed by atoms with Gasteiger partial charge in [-0.15, -0.1) is 0 Å². The fraction of sp³-hybridized carbons (Fsp3) is 0.222. The third kappa shape index (κ3) is 4.37. The summed E-state index contributed by atoms with van der Waals surface area (Å²) < 4.78 is 11.5. The van der Waals surface area contributed by atoms with E-state index in [0.29, 0.717) is 54.4 Å². The van der Waals surface area contributed by atoms with Gasteiger partial charge in [-0.25, -0.2) is 0 Å². The summed E-state index contributed by atoms with van der Waals surface area (Å²) >= 11 is 0. The van der Waals surface area contributed by atoms with E-state index in [1.807, 2.05) is 36.4 Å². The van der Waals surface area contributed by atoms with Gasteiger partial charge in [0.05, 0.1) is 0 Å². The Bertz CT molecular complexity index is 1200. The Labute approximate surface area is 197 Å². The summed E-state index contributed by atoms with van der Waals surface area (Å²) in [5, 5.41) is 0. The lowest BCUT2D eigenvalue weighted by Crippen LogP contribution is -2.55. The highest BCUT2D eigenvalue weighted by Gasteiger charge is 2.33. The van der Waals surface area contributed by atoms with Crippen LogP contribution in [0.4, 0.5) is 0 Å². The number of carbonyl (C=O) groups excluding carboxylic acids is 3. The van der Waals surface area contributed by atoms with Crippen LogP contribution in [0.1, 0.15) is 26.3 Å². The molecule has 0 spiro atoms. The summed E-state index contributed by atoms with van der Waals surface area (Å²) in [6.45, 7) is 1.88. The maximum Gasteiger partial charge on any atom is 0.267 e. The molecule has 2 heterocycles.